The minimum atomic E-state index is -1.42. The monoisotopic (exact) mass is 474 g/mol. The molecule has 0 saturated heterocycles. The van der Waals surface area contributed by atoms with Gasteiger partial charge in [0.25, 0.3) is 0 Å². The lowest BCUT2D eigenvalue weighted by Crippen LogP contribution is -2.37. The summed E-state index contributed by atoms with van der Waals surface area (Å²) in [5.41, 5.74) is 5.37. The van der Waals surface area contributed by atoms with E-state index in [1.54, 1.807) is 0 Å². The Morgan fingerprint density at radius 1 is 0.382 bits per heavy atom. The van der Waals surface area contributed by atoms with Gasteiger partial charge in [-0.25, -0.2) is 0 Å². The van der Waals surface area contributed by atoms with E-state index in [9.17, 15) is 0 Å². The summed E-state index contributed by atoms with van der Waals surface area (Å²) in [5, 5.41) is 8.35. The highest BCUT2D eigenvalue weighted by Crippen LogP contribution is 2.43. The first-order chi connectivity index (χ1) is 16.1. The van der Waals surface area contributed by atoms with E-state index in [-0.39, 0.29) is 0 Å². The number of fused-ring (bicyclic) bond motifs is 2. The molecule has 0 heterocycles. The summed E-state index contributed by atoms with van der Waals surface area (Å²) in [6, 6.07) is 36.6. The fraction of sp³-hybridized carbons (Fsp3) is 0.188. The maximum atomic E-state index is 2.45. The molecule has 0 aliphatic heterocycles. The van der Waals surface area contributed by atoms with Gasteiger partial charge in [0.15, 0.2) is 0 Å². The molecule has 0 fully saturated rings. The van der Waals surface area contributed by atoms with Crippen molar-refractivity contribution in [2.45, 2.75) is 39.3 Å². The molecule has 0 amide bonds. The van der Waals surface area contributed by atoms with Crippen LogP contribution in [0.15, 0.2) is 97.1 Å². The molecular formula is C32H34Si2. The third kappa shape index (κ3) is 4.06. The molecular weight excluding hydrogens is 441 g/mol. The Labute approximate surface area is 206 Å². The fourth-order valence-electron chi connectivity index (χ4n) is 5.03. The van der Waals surface area contributed by atoms with Gasteiger partial charge in [0, 0.05) is 0 Å². The first-order valence-corrected chi connectivity index (χ1v) is 19.3. The first kappa shape index (κ1) is 22.8. The topological polar surface area (TPSA) is 0 Å². The minimum absolute atomic E-state index is 1.33. The van der Waals surface area contributed by atoms with Crippen molar-refractivity contribution < 1.29 is 0 Å². The molecule has 0 spiro atoms. The second-order valence-electron chi connectivity index (χ2n) is 11.5. The Morgan fingerprint density at radius 2 is 0.706 bits per heavy atom. The second-order valence-corrected chi connectivity index (χ2v) is 21.7. The van der Waals surface area contributed by atoms with Crippen molar-refractivity contribution >= 4 is 48.1 Å². The van der Waals surface area contributed by atoms with Crippen LogP contribution >= 0.6 is 0 Å². The summed E-state index contributed by atoms with van der Waals surface area (Å²) in [4.78, 5) is 0. The van der Waals surface area contributed by atoms with Crippen molar-refractivity contribution in [2.24, 2.45) is 0 Å². The molecule has 170 valence electrons. The molecule has 0 aliphatic carbocycles. The van der Waals surface area contributed by atoms with Gasteiger partial charge in [0.05, 0.1) is 16.1 Å². The van der Waals surface area contributed by atoms with Gasteiger partial charge in [-0.1, -0.05) is 147 Å². The van der Waals surface area contributed by atoms with Crippen LogP contribution in [0.25, 0.3) is 43.8 Å². The molecule has 0 radical (unpaired) electrons. The predicted molar refractivity (Wildman–Crippen MR) is 158 cm³/mol. The minimum Gasteiger partial charge on any atom is -0.0656 e. The summed E-state index contributed by atoms with van der Waals surface area (Å²) < 4.78 is 0. The van der Waals surface area contributed by atoms with E-state index in [2.05, 4.69) is 136 Å². The van der Waals surface area contributed by atoms with E-state index < -0.39 is 16.1 Å². The van der Waals surface area contributed by atoms with Crippen LogP contribution in [0, 0.1) is 0 Å². The van der Waals surface area contributed by atoms with Gasteiger partial charge < -0.3 is 0 Å². The van der Waals surface area contributed by atoms with Gasteiger partial charge in [0.2, 0.25) is 0 Å². The standard InChI is InChI=1S/C32H34Si2/c1-33(2,3)25-15-11-13-23(21-25)31-27-17-7-9-19-29(27)32(30-20-10-8-18-28(30)31)24-14-12-16-26(22-24)34(4,5)6/h7-22H,1-6H3. The van der Waals surface area contributed by atoms with Gasteiger partial charge >= 0.3 is 0 Å². The van der Waals surface area contributed by atoms with Crippen LogP contribution in [0.3, 0.4) is 0 Å². The van der Waals surface area contributed by atoms with Crippen LogP contribution in [-0.4, -0.2) is 16.1 Å². The van der Waals surface area contributed by atoms with Crippen molar-refractivity contribution in [1.82, 2.24) is 0 Å². The molecule has 5 aromatic rings. The number of hydrogen-bond donors (Lipinski definition) is 0. The molecule has 2 heteroatoms. The molecule has 0 saturated carbocycles. The van der Waals surface area contributed by atoms with E-state index in [1.165, 1.54) is 54.2 Å². The van der Waals surface area contributed by atoms with Gasteiger partial charge in [-0.2, -0.15) is 0 Å². The van der Waals surface area contributed by atoms with E-state index in [0.29, 0.717) is 0 Å². The summed E-state index contributed by atoms with van der Waals surface area (Å²) in [6.07, 6.45) is 0. The SMILES string of the molecule is C[Si](C)(C)c1cccc(-c2c3ccccc3c(-c3cccc([Si](C)(C)C)c3)c3ccccc23)c1. The average molecular weight is 475 g/mol. The normalized spacial score (nSPS) is 12.4. The van der Waals surface area contributed by atoms with Crippen LogP contribution in [-0.2, 0) is 0 Å². The number of benzene rings is 5. The molecule has 0 bridgehead atoms. The summed E-state index contributed by atoms with van der Waals surface area (Å²) >= 11 is 0. The molecule has 34 heavy (non-hydrogen) atoms. The smallest absolute Gasteiger partial charge is 0.0656 e. The van der Waals surface area contributed by atoms with Crippen molar-refractivity contribution in [3.63, 3.8) is 0 Å². The Kier molecular flexibility index (Phi) is 5.62. The molecule has 0 unspecified atom stereocenters. The maximum absolute atomic E-state index is 2.45. The Bertz CT molecular complexity index is 1340. The van der Waals surface area contributed by atoms with Gasteiger partial charge in [-0.05, 0) is 43.8 Å². The molecule has 5 rings (SSSR count). The summed E-state index contributed by atoms with van der Waals surface area (Å²) in [6.45, 7) is 14.6. The van der Waals surface area contributed by atoms with Crippen molar-refractivity contribution in [2.75, 3.05) is 0 Å². The molecule has 0 aliphatic rings. The van der Waals surface area contributed by atoms with Gasteiger partial charge in [-0.15, -0.1) is 0 Å². The lowest BCUT2D eigenvalue weighted by molar-refractivity contribution is 1.64. The first-order valence-electron chi connectivity index (χ1n) is 12.3. The Balaban J connectivity index is 1.90. The van der Waals surface area contributed by atoms with Crippen molar-refractivity contribution in [1.29, 1.82) is 0 Å². The largest absolute Gasteiger partial charge is 0.0776 e. The predicted octanol–water partition coefficient (Wildman–Crippen LogP) is 8.42. The molecule has 0 nitrogen and oxygen atoms in total. The maximum Gasteiger partial charge on any atom is 0.0776 e. The highest BCUT2D eigenvalue weighted by atomic mass is 28.3. The third-order valence-corrected chi connectivity index (χ3v) is 11.1. The van der Waals surface area contributed by atoms with Crippen molar-refractivity contribution in [3.05, 3.63) is 97.1 Å². The fourth-order valence-corrected chi connectivity index (χ4v) is 7.40. The quantitative estimate of drug-likeness (QED) is 0.181. The van der Waals surface area contributed by atoms with Crippen LogP contribution in [0.1, 0.15) is 0 Å². The summed E-state index contributed by atoms with van der Waals surface area (Å²) in [5.74, 6) is 0. The lowest BCUT2D eigenvalue weighted by atomic mass is 9.86. The van der Waals surface area contributed by atoms with E-state index in [4.69, 9.17) is 0 Å². The number of rotatable bonds is 4. The molecule has 0 atom stereocenters. The van der Waals surface area contributed by atoms with E-state index >= 15 is 0 Å². The number of hydrogen-bond acceptors (Lipinski definition) is 0. The van der Waals surface area contributed by atoms with Gasteiger partial charge in [-0.3, -0.25) is 0 Å². The molecule has 0 N–H and O–H groups in total. The van der Waals surface area contributed by atoms with Crippen LogP contribution in [0.5, 0.6) is 0 Å². The van der Waals surface area contributed by atoms with E-state index in [1.807, 2.05) is 0 Å². The van der Waals surface area contributed by atoms with Crippen molar-refractivity contribution in [3.8, 4) is 22.3 Å². The summed E-state index contributed by atoms with van der Waals surface area (Å²) in [7, 11) is -2.83. The van der Waals surface area contributed by atoms with E-state index in [0.717, 1.165) is 0 Å². The highest BCUT2D eigenvalue weighted by molar-refractivity contribution is 6.89. The third-order valence-electron chi connectivity index (χ3n) is 6.97. The Morgan fingerprint density at radius 3 is 1.00 bits per heavy atom. The van der Waals surface area contributed by atoms with Crippen LogP contribution in [0.4, 0.5) is 0 Å². The Hall–Kier alpha value is -2.95. The zero-order chi connectivity index (χ0) is 24.1. The zero-order valence-electron chi connectivity index (χ0n) is 21.2. The zero-order valence-corrected chi connectivity index (χ0v) is 23.2. The second kappa shape index (κ2) is 8.37. The molecule has 0 aromatic heterocycles. The lowest BCUT2D eigenvalue weighted by Gasteiger charge is -2.22. The van der Waals surface area contributed by atoms with Gasteiger partial charge in [0.1, 0.15) is 0 Å². The highest BCUT2D eigenvalue weighted by Gasteiger charge is 2.21. The average Bonchev–Trinajstić information content (AvgIpc) is 2.81. The molecule has 5 aromatic carbocycles. The van der Waals surface area contributed by atoms with Crippen LogP contribution in [0.2, 0.25) is 39.3 Å². The van der Waals surface area contributed by atoms with Crippen LogP contribution < -0.4 is 10.4 Å².